The van der Waals surface area contributed by atoms with Gasteiger partial charge in [0.25, 0.3) is 5.91 Å². The maximum atomic E-state index is 12.2. The minimum Gasteiger partial charge on any atom is -0.497 e. The van der Waals surface area contributed by atoms with Crippen LogP contribution < -0.4 is 14.8 Å². The van der Waals surface area contributed by atoms with Crippen molar-refractivity contribution < 1.29 is 28.6 Å². The molecule has 0 radical (unpaired) electrons. The van der Waals surface area contributed by atoms with Crippen molar-refractivity contribution >= 4 is 35.1 Å². The Kier molecular flexibility index (Phi) is 7.85. The number of para-hydroxylation sites is 1. The van der Waals surface area contributed by atoms with E-state index in [1.165, 1.54) is 33.4 Å². The maximum Gasteiger partial charge on any atom is 0.342 e. The van der Waals surface area contributed by atoms with Crippen LogP contribution in [0.5, 0.6) is 11.5 Å². The molecule has 29 heavy (non-hydrogen) atoms. The molecule has 2 aromatic rings. The van der Waals surface area contributed by atoms with Gasteiger partial charge in [0, 0.05) is 13.1 Å². The number of carbonyl (C=O) groups excluding carboxylic acids is 3. The Bertz CT molecular complexity index is 902. The van der Waals surface area contributed by atoms with Gasteiger partial charge in [-0.15, -0.1) is 0 Å². The van der Waals surface area contributed by atoms with E-state index in [0.29, 0.717) is 16.5 Å². The number of hydrogen-bond acceptors (Lipinski definition) is 6. The van der Waals surface area contributed by atoms with E-state index in [2.05, 4.69) is 5.32 Å². The van der Waals surface area contributed by atoms with Gasteiger partial charge >= 0.3 is 5.97 Å². The van der Waals surface area contributed by atoms with Crippen LogP contribution in [0.25, 0.3) is 0 Å². The minimum atomic E-state index is -0.730. The second-order valence-corrected chi connectivity index (χ2v) is 6.33. The number of halogens is 1. The zero-order valence-corrected chi connectivity index (χ0v) is 17.0. The number of likely N-dealkylation sites (N-methyl/N-ethyl adjacent to an activating group) is 1. The topological polar surface area (TPSA) is 94.2 Å². The third kappa shape index (κ3) is 6.11. The molecular weight excluding hydrogens is 400 g/mol. The molecule has 0 atom stereocenters. The van der Waals surface area contributed by atoms with Crippen molar-refractivity contribution in [2.75, 3.05) is 39.7 Å². The lowest BCUT2D eigenvalue weighted by atomic mass is 10.2. The van der Waals surface area contributed by atoms with E-state index in [1.807, 2.05) is 0 Å². The fraction of sp³-hybridized carbons (Fsp3) is 0.250. The van der Waals surface area contributed by atoms with Crippen LogP contribution in [0.4, 0.5) is 5.69 Å². The van der Waals surface area contributed by atoms with E-state index >= 15 is 0 Å². The SMILES string of the molecule is COc1ccc(C(=O)OCC(=O)N(C)CC(=O)Nc2ccccc2Cl)c(OC)c1. The molecule has 2 aromatic carbocycles. The number of hydrogen-bond donors (Lipinski definition) is 1. The summed E-state index contributed by atoms with van der Waals surface area (Å²) in [5.74, 6) is -0.933. The van der Waals surface area contributed by atoms with Gasteiger partial charge in [-0.25, -0.2) is 4.79 Å². The van der Waals surface area contributed by atoms with Gasteiger partial charge in [0.1, 0.15) is 17.1 Å². The van der Waals surface area contributed by atoms with Gasteiger partial charge in [0.05, 0.1) is 31.5 Å². The summed E-state index contributed by atoms with van der Waals surface area (Å²) in [5.41, 5.74) is 0.596. The van der Waals surface area contributed by atoms with Crippen LogP contribution in [-0.2, 0) is 14.3 Å². The molecule has 9 heteroatoms. The second kappa shape index (κ2) is 10.3. The van der Waals surface area contributed by atoms with E-state index in [-0.39, 0.29) is 17.9 Å². The minimum absolute atomic E-state index is 0.153. The molecule has 0 heterocycles. The van der Waals surface area contributed by atoms with Crippen molar-refractivity contribution in [2.24, 2.45) is 0 Å². The molecule has 0 aromatic heterocycles. The van der Waals surface area contributed by atoms with E-state index in [0.717, 1.165) is 4.90 Å². The van der Waals surface area contributed by atoms with Gasteiger partial charge in [-0.1, -0.05) is 23.7 Å². The fourth-order valence-corrected chi connectivity index (χ4v) is 2.52. The molecule has 0 saturated heterocycles. The lowest BCUT2D eigenvalue weighted by Crippen LogP contribution is -2.37. The molecule has 0 bridgehead atoms. The van der Waals surface area contributed by atoms with Crippen LogP contribution >= 0.6 is 11.6 Å². The van der Waals surface area contributed by atoms with Crippen LogP contribution in [0.1, 0.15) is 10.4 Å². The number of anilines is 1. The van der Waals surface area contributed by atoms with Crippen LogP contribution in [-0.4, -0.2) is 57.1 Å². The number of nitrogens with zero attached hydrogens (tertiary/aromatic N) is 1. The first-order valence-corrected chi connectivity index (χ1v) is 8.91. The third-order valence-electron chi connectivity index (χ3n) is 3.91. The zero-order valence-electron chi connectivity index (χ0n) is 16.2. The number of benzene rings is 2. The molecule has 0 aliphatic carbocycles. The summed E-state index contributed by atoms with van der Waals surface area (Å²) in [7, 11) is 4.32. The predicted molar refractivity (Wildman–Crippen MR) is 108 cm³/mol. The molecule has 2 rings (SSSR count). The van der Waals surface area contributed by atoms with Gasteiger partial charge in [-0.05, 0) is 24.3 Å². The highest BCUT2D eigenvalue weighted by molar-refractivity contribution is 6.33. The summed E-state index contributed by atoms with van der Waals surface area (Å²) >= 11 is 5.98. The summed E-state index contributed by atoms with van der Waals surface area (Å²) < 4.78 is 15.3. The van der Waals surface area contributed by atoms with E-state index < -0.39 is 24.4 Å². The number of amides is 2. The molecule has 1 N–H and O–H groups in total. The van der Waals surface area contributed by atoms with Crippen molar-refractivity contribution in [2.45, 2.75) is 0 Å². The first-order chi connectivity index (χ1) is 13.8. The average Bonchev–Trinajstić information content (AvgIpc) is 2.72. The Morgan fingerprint density at radius 1 is 1.07 bits per heavy atom. The van der Waals surface area contributed by atoms with Crippen LogP contribution in [0.2, 0.25) is 5.02 Å². The highest BCUT2D eigenvalue weighted by Gasteiger charge is 2.19. The Labute approximate surface area is 173 Å². The number of esters is 1. The summed E-state index contributed by atoms with van der Waals surface area (Å²) in [4.78, 5) is 37.7. The van der Waals surface area contributed by atoms with Crippen molar-refractivity contribution in [3.05, 3.63) is 53.1 Å². The Balaban J connectivity index is 1.89. The fourth-order valence-electron chi connectivity index (χ4n) is 2.34. The Morgan fingerprint density at radius 3 is 2.45 bits per heavy atom. The van der Waals surface area contributed by atoms with Crippen LogP contribution in [0.3, 0.4) is 0 Å². The molecule has 0 aliphatic rings. The van der Waals surface area contributed by atoms with E-state index in [9.17, 15) is 14.4 Å². The number of ether oxygens (including phenoxy) is 3. The largest absolute Gasteiger partial charge is 0.497 e. The van der Waals surface area contributed by atoms with Crippen LogP contribution in [0, 0.1) is 0 Å². The quantitative estimate of drug-likeness (QED) is 0.660. The molecule has 8 nitrogen and oxygen atoms in total. The zero-order chi connectivity index (χ0) is 21.4. The van der Waals surface area contributed by atoms with Crippen LogP contribution in [0.15, 0.2) is 42.5 Å². The molecule has 0 spiro atoms. The summed E-state index contributed by atoms with van der Waals surface area (Å²) in [6.45, 7) is -0.753. The van der Waals surface area contributed by atoms with Crippen molar-refractivity contribution in [1.29, 1.82) is 0 Å². The molecule has 0 aliphatic heterocycles. The number of carbonyl (C=O) groups is 3. The molecule has 0 saturated carbocycles. The first kappa shape index (κ1) is 22.0. The highest BCUT2D eigenvalue weighted by Crippen LogP contribution is 2.25. The lowest BCUT2D eigenvalue weighted by Gasteiger charge is -2.17. The number of methoxy groups -OCH3 is 2. The normalized spacial score (nSPS) is 10.1. The van der Waals surface area contributed by atoms with Crippen molar-refractivity contribution in [1.82, 2.24) is 4.90 Å². The lowest BCUT2D eigenvalue weighted by molar-refractivity contribution is -0.136. The third-order valence-corrected chi connectivity index (χ3v) is 4.24. The monoisotopic (exact) mass is 420 g/mol. The highest BCUT2D eigenvalue weighted by atomic mass is 35.5. The van der Waals surface area contributed by atoms with Gasteiger partial charge in [0.15, 0.2) is 6.61 Å². The van der Waals surface area contributed by atoms with E-state index in [1.54, 1.807) is 30.3 Å². The Morgan fingerprint density at radius 2 is 1.79 bits per heavy atom. The molecule has 0 unspecified atom stereocenters. The maximum absolute atomic E-state index is 12.2. The number of rotatable bonds is 8. The van der Waals surface area contributed by atoms with Gasteiger partial charge in [0.2, 0.25) is 5.91 Å². The van der Waals surface area contributed by atoms with E-state index in [4.69, 9.17) is 25.8 Å². The van der Waals surface area contributed by atoms with Gasteiger partial charge < -0.3 is 24.4 Å². The molecule has 0 fully saturated rings. The first-order valence-electron chi connectivity index (χ1n) is 8.53. The van der Waals surface area contributed by atoms with Crippen molar-refractivity contribution in [3.63, 3.8) is 0 Å². The smallest absolute Gasteiger partial charge is 0.342 e. The predicted octanol–water partition coefficient (Wildman–Crippen LogP) is 2.61. The summed E-state index contributed by atoms with van der Waals surface area (Å²) in [6, 6.07) is 11.3. The molecule has 2 amide bonds. The van der Waals surface area contributed by atoms with Gasteiger partial charge in [-0.3, -0.25) is 9.59 Å². The van der Waals surface area contributed by atoms with Crippen molar-refractivity contribution in [3.8, 4) is 11.5 Å². The molecule has 154 valence electrons. The average molecular weight is 421 g/mol. The van der Waals surface area contributed by atoms with Gasteiger partial charge in [-0.2, -0.15) is 0 Å². The molecular formula is C20H21ClN2O6. The number of nitrogens with one attached hydrogen (secondary N) is 1. The summed E-state index contributed by atoms with van der Waals surface area (Å²) in [6.07, 6.45) is 0. The summed E-state index contributed by atoms with van der Waals surface area (Å²) in [5, 5.41) is 3.00. The second-order valence-electron chi connectivity index (χ2n) is 5.92. The standard InChI is InChI=1S/C20H21ClN2O6/c1-23(11-18(24)22-16-7-5-4-6-15(16)21)19(25)12-29-20(26)14-9-8-13(27-2)10-17(14)28-3/h4-10H,11-12H2,1-3H3,(H,22,24). The Hall–Kier alpha value is -3.26.